The third-order valence-corrected chi connectivity index (χ3v) is 18.7. The molecule has 5 rings (SSSR count). The molecular weight excluding hydrogens is 1270 g/mol. The van der Waals surface area contributed by atoms with E-state index in [0.29, 0.717) is 12.8 Å². The Kier molecular flexibility index (Phi) is 40.0. The van der Waals surface area contributed by atoms with Crippen LogP contribution in [-0.2, 0) is 57.0 Å². The molecule has 2 amide bonds. The minimum Gasteiger partial charge on any atom is -0.394 e. The van der Waals surface area contributed by atoms with Gasteiger partial charge >= 0.3 is 0 Å². The van der Waals surface area contributed by atoms with Gasteiger partial charge in [0.2, 0.25) is 11.8 Å². The Morgan fingerprint density at radius 3 is 1.17 bits per heavy atom. The van der Waals surface area contributed by atoms with Gasteiger partial charge in [0.15, 0.2) is 31.5 Å². The molecule has 27 atom stereocenters. The first-order valence-electron chi connectivity index (χ1n) is 35.5. The highest BCUT2D eigenvalue weighted by atomic mass is 16.8. The molecular formula is C66H120N2O28. The first-order valence-corrected chi connectivity index (χ1v) is 35.5. The van der Waals surface area contributed by atoms with Crippen molar-refractivity contribution in [3.8, 4) is 0 Å². The molecule has 0 aromatic rings. The summed E-state index contributed by atoms with van der Waals surface area (Å²) in [6.07, 6.45) is -14.8. The minimum absolute atomic E-state index is 0.191. The van der Waals surface area contributed by atoms with E-state index in [9.17, 15) is 91.3 Å². The van der Waals surface area contributed by atoms with Crippen LogP contribution in [0.4, 0.5) is 0 Å². The van der Waals surface area contributed by atoms with Crippen molar-refractivity contribution in [1.29, 1.82) is 0 Å². The van der Waals surface area contributed by atoms with Gasteiger partial charge in [0, 0.05) is 13.3 Å². The van der Waals surface area contributed by atoms with Crippen LogP contribution < -0.4 is 10.6 Å². The first-order chi connectivity index (χ1) is 46.2. The Balaban J connectivity index is 1.22. The van der Waals surface area contributed by atoms with Gasteiger partial charge in [-0.25, -0.2) is 0 Å². The van der Waals surface area contributed by atoms with Crippen molar-refractivity contribution in [1.82, 2.24) is 10.6 Å². The van der Waals surface area contributed by atoms with Crippen LogP contribution in [0.5, 0.6) is 0 Å². The van der Waals surface area contributed by atoms with Crippen LogP contribution in [0.1, 0.15) is 188 Å². The van der Waals surface area contributed by atoms with Crippen molar-refractivity contribution in [3.05, 3.63) is 12.2 Å². The fourth-order valence-electron chi connectivity index (χ4n) is 12.8. The van der Waals surface area contributed by atoms with Gasteiger partial charge in [-0.1, -0.05) is 167 Å². The summed E-state index contributed by atoms with van der Waals surface area (Å²) in [5.74, 6) is -1.07. The number of rotatable bonds is 46. The molecule has 0 spiro atoms. The summed E-state index contributed by atoms with van der Waals surface area (Å²) in [6, 6.07) is -2.62. The molecule has 0 saturated carbocycles. The second-order valence-electron chi connectivity index (χ2n) is 26.4. The second kappa shape index (κ2) is 45.6. The number of carbonyl (C=O) groups excluding carboxylic acids is 2. The Morgan fingerprint density at radius 1 is 0.406 bits per heavy atom. The number of carbonyl (C=O) groups is 2. The highest BCUT2D eigenvalue weighted by molar-refractivity contribution is 5.76. The molecule has 562 valence electrons. The molecule has 5 aliphatic heterocycles. The van der Waals surface area contributed by atoms with E-state index in [1.54, 1.807) is 6.08 Å². The maximum Gasteiger partial charge on any atom is 0.220 e. The van der Waals surface area contributed by atoms with Gasteiger partial charge in [0.1, 0.15) is 122 Å². The molecule has 30 heteroatoms. The summed E-state index contributed by atoms with van der Waals surface area (Å²) in [5, 5.41) is 182. The summed E-state index contributed by atoms with van der Waals surface area (Å²) in [6.45, 7) is 0.314. The van der Waals surface area contributed by atoms with E-state index >= 15 is 0 Å². The van der Waals surface area contributed by atoms with E-state index in [1.807, 2.05) is 6.08 Å². The zero-order valence-corrected chi connectivity index (χ0v) is 56.4. The van der Waals surface area contributed by atoms with Crippen LogP contribution in [0.2, 0.25) is 0 Å². The molecule has 0 aromatic heterocycles. The fraction of sp³-hybridized carbons (Fsp3) is 0.939. The van der Waals surface area contributed by atoms with E-state index in [4.69, 9.17) is 47.4 Å². The van der Waals surface area contributed by atoms with E-state index in [1.165, 1.54) is 96.3 Å². The zero-order chi connectivity index (χ0) is 70.3. The van der Waals surface area contributed by atoms with Crippen molar-refractivity contribution in [2.45, 2.75) is 353 Å². The summed E-state index contributed by atoms with van der Waals surface area (Å²) in [7, 11) is 0. The first kappa shape index (κ1) is 84.3. The summed E-state index contributed by atoms with van der Waals surface area (Å²) >= 11 is 0. The monoisotopic (exact) mass is 1390 g/mol. The van der Waals surface area contributed by atoms with Crippen LogP contribution in [0.25, 0.3) is 0 Å². The third-order valence-electron chi connectivity index (χ3n) is 18.7. The van der Waals surface area contributed by atoms with Crippen LogP contribution >= 0.6 is 0 Å². The highest BCUT2D eigenvalue weighted by Gasteiger charge is 2.57. The fourth-order valence-corrected chi connectivity index (χ4v) is 12.8. The molecule has 5 fully saturated rings. The molecule has 0 aliphatic carbocycles. The molecule has 18 N–H and O–H groups in total. The number of aliphatic hydroxyl groups is 16. The van der Waals surface area contributed by atoms with E-state index in [0.717, 1.165) is 58.3 Å². The smallest absolute Gasteiger partial charge is 0.220 e. The Morgan fingerprint density at radius 2 is 0.760 bits per heavy atom. The van der Waals surface area contributed by atoms with Crippen LogP contribution in [0.15, 0.2) is 12.2 Å². The predicted molar refractivity (Wildman–Crippen MR) is 340 cm³/mol. The van der Waals surface area contributed by atoms with E-state index in [2.05, 4.69) is 24.5 Å². The summed E-state index contributed by atoms with van der Waals surface area (Å²) in [4.78, 5) is 25.5. The maximum absolute atomic E-state index is 13.4. The number of aliphatic hydroxyl groups excluding tert-OH is 16. The van der Waals surface area contributed by atoms with Crippen molar-refractivity contribution in [2.75, 3.05) is 39.6 Å². The lowest BCUT2D eigenvalue weighted by atomic mass is 9.94. The molecule has 96 heavy (non-hydrogen) atoms. The summed E-state index contributed by atoms with van der Waals surface area (Å²) in [5.41, 5.74) is 0. The second-order valence-corrected chi connectivity index (χ2v) is 26.4. The average molecular weight is 1390 g/mol. The number of allylic oxidation sites excluding steroid dienone is 1. The number of unbranched alkanes of at least 4 members (excludes halogenated alkanes) is 23. The molecule has 5 aliphatic rings. The van der Waals surface area contributed by atoms with Crippen molar-refractivity contribution < 1.29 is 139 Å². The standard InChI is InChI=1S/C66H120N2O28/c1-4-6-8-10-12-14-16-18-20-22-24-26-28-30-40(75)39(68-46(76)31-29-27-25-23-21-19-17-15-13-11-9-7-5-2)37-87-63-54(83)53(82)58(45(36-73)92-63)93-64-56(85)60(50(79)43(34-71)89-64)95-66-57(86)61(51(80)44(35-72)91-66)96-65-55(84)59(49(78)42(33-70)90-65)94-62-47(67-38(3)74)52(81)48(77)41(32-69)88-62/h28,30,39-45,47-66,69-73,75,77-86H,4-27,29,31-37H2,1-3H3,(H,67,74)(H,68,76)/b30-28+/t39-,40+,41?,42?,43?,44?,45?,47?,48-,49-,50-,51-,52+,53+,54?,55?,56?,57?,58+,59-,60-,61-,62-,63+,64-,65+,66+/m0/s1. The lowest BCUT2D eigenvalue weighted by molar-refractivity contribution is -0.394. The number of ether oxygens (including phenoxy) is 10. The van der Waals surface area contributed by atoms with Crippen molar-refractivity contribution in [3.63, 3.8) is 0 Å². The number of nitrogens with one attached hydrogen (secondary N) is 2. The molecule has 0 bridgehead atoms. The topological polar surface area (TPSA) is 474 Å². The van der Waals surface area contributed by atoms with Crippen LogP contribution in [0.3, 0.4) is 0 Å². The number of hydrogen-bond acceptors (Lipinski definition) is 28. The molecule has 5 saturated heterocycles. The van der Waals surface area contributed by atoms with Gasteiger partial charge in [-0.05, 0) is 19.3 Å². The van der Waals surface area contributed by atoms with Crippen molar-refractivity contribution in [2.24, 2.45) is 0 Å². The zero-order valence-electron chi connectivity index (χ0n) is 56.4. The minimum atomic E-state index is -2.23. The molecule has 5 heterocycles. The lowest BCUT2D eigenvalue weighted by Crippen LogP contribution is -2.69. The van der Waals surface area contributed by atoms with Gasteiger partial charge in [-0.2, -0.15) is 0 Å². The largest absolute Gasteiger partial charge is 0.394 e. The van der Waals surface area contributed by atoms with E-state index in [-0.39, 0.29) is 12.3 Å². The lowest BCUT2D eigenvalue weighted by Gasteiger charge is -2.50. The number of hydrogen-bond donors (Lipinski definition) is 18. The molecule has 0 aromatic carbocycles. The van der Waals surface area contributed by atoms with Crippen molar-refractivity contribution >= 4 is 11.8 Å². The maximum atomic E-state index is 13.4. The Hall–Kier alpha value is -2.36. The normalized spacial score (nSPS) is 36.6. The van der Waals surface area contributed by atoms with Crippen LogP contribution in [-0.4, -0.2) is 299 Å². The van der Waals surface area contributed by atoms with Crippen LogP contribution in [0, 0.1) is 0 Å². The summed E-state index contributed by atoms with van der Waals surface area (Å²) < 4.78 is 58.1. The van der Waals surface area contributed by atoms with Gasteiger partial charge in [0.25, 0.3) is 0 Å². The molecule has 30 nitrogen and oxygen atoms in total. The third kappa shape index (κ3) is 25.9. The van der Waals surface area contributed by atoms with Gasteiger partial charge < -0.3 is 140 Å². The quantitative estimate of drug-likeness (QED) is 0.0252. The van der Waals surface area contributed by atoms with Gasteiger partial charge in [-0.15, -0.1) is 0 Å². The SMILES string of the molecule is CCCCCCCCCCCCC/C=C/[C@@H](O)[C@H](CO[C@@H]1OC(CO)[C@@H](O[C@@H]2OC(CO)[C@H](O)[C@H](O[C@H]3OC(CO)[C@H](O)[C@H](O[C@H]4OC(CO)[C@H](O)[C@H](O[C@@H]5OC(CO)[C@H](O)[C@H](O)C5NC(C)=O)C4O)C3O)C2O)[C@H](O)C1O)NC(=O)CCCCCCCCCCCCCCC. The Bertz CT molecular complexity index is 2110. The van der Waals surface area contributed by atoms with Gasteiger partial charge in [-0.3, -0.25) is 9.59 Å². The molecule has 10 unspecified atom stereocenters. The molecule has 0 radical (unpaired) electrons. The predicted octanol–water partition coefficient (Wildman–Crippen LogP) is -1.17. The highest BCUT2D eigenvalue weighted by Crippen LogP contribution is 2.36. The Labute approximate surface area is 564 Å². The van der Waals surface area contributed by atoms with Gasteiger partial charge in [0.05, 0.1) is 51.8 Å². The number of amides is 2. The van der Waals surface area contributed by atoms with E-state index < -0.39 is 211 Å². The average Bonchev–Trinajstić information content (AvgIpc) is 0.778.